The average molecular weight is 312 g/mol. The Balaban J connectivity index is 4.26. The Kier molecular flexibility index (Phi) is 9.38. The first-order valence-corrected chi connectivity index (χ1v) is 8.66. The van der Waals surface area contributed by atoms with Crippen LogP contribution >= 0.6 is 0 Å². The summed E-state index contributed by atoms with van der Waals surface area (Å²) >= 11 is 0. The highest BCUT2D eigenvalue weighted by molar-refractivity contribution is 5.81. The molecule has 0 aliphatic carbocycles. The van der Waals surface area contributed by atoms with Gasteiger partial charge in [-0.2, -0.15) is 0 Å². The molecule has 4 nitrogen and oxygen atoms in total. The third kappa shape index (κ3) is 9.06. The van der Waals surface area contributed by atoms with Crippen molar-refractivity contribution in [1.82, 2.24) is 10.6 Å². The summed E-state index contributed by atoms with van der Waals surface area (Å²) in [5.74, 6) is 0.625. The third-order valence-electron chi connectivity index (χ3n) is 3.87. The van der Waals surface area contributed by atoms with Crippen LogP contribution in [0.1, 0.15) is 74.1 Å². The number of rotatable bonds is 9. The van der Waals surface area contributed by atoms with Gasteiger partial charge in [0, 0.05) is 11.8 Å². The monoisotopic (exact) mass is 312 g/mol. The van der Waals surface area contributed by atoms with Crippen LogP contribution in [0, 0.1) is 23.2 Å². The maximum atomic E-state index is 12.2. The van der Waals surface area contributed by atoms with Gasteiger partial charge >= 0.3 is 0 Å². The lowest BCUT2D eigenvalue weighted by molar-refractivity contribution is -0.127. The van der Waals surface area contributed by atoms with Crippen molar-refractivity contribution in [2.45, 2.75) is 74.1 Å². The molecular formula is C18H36N2O2. The highest BCUT2D eigenvalue weighted by Gasteiger charge is 2.23. The summed E-state index contributed by atoms with van der Waals surface area (Å²) in [7, 11) is 0. The lowest BCUT2D eigenvalue weighted by atomic mass is 9.83. The summed E-state index contributed by atoms with van der Waals surface area (Å²) in [6, 6.07) is 0. The fourth-order valence-electron chi connectivity index (χ4n) is 2.70. The van der Waals surface area contributed by atoms with Crippen LogP contribution in [-0.4, -0.2) is 18.5 Å². The predicted octanol–water partition coefficient (Wildman–Crippen LogP) is 3.71. The van der Waals surface area contributed by atoms with E-state index in [2.05, 4.69) is 45.3 Å². The summed E-state index contributed by atoms with van der Waals surface area (Å²) in [5.41, 5.74) is 0.131. The molecule has 0 spiro atoms. The number of nitrogens with one attached hydrogen (secondary N) is 2. The van der Waals surface area contributed by atoms with Crippen LogP contribution in [0.4, 0.5) is 0 Å². The molecule has 0 saturated carbocycles. The highest BCUT2D eigenvalue weighted by atomic mass is 16.2. The molecule has 0 bridgehead atoms. The Bertz CT molecular complexity index is 345. The zero-order chi connectivity index (χ0) is 17.3. The van der Waals surface area contributed by atoms with Gasteiger partial charge in [-0.15, -0.1) is 0 Å². The molecule has 0 saturated heterocycles. The molecule has 0 aromatic carbocycles. The van der Waals surface area contributed by atoms with E-state index in [1.165, 1.54) is 0 Å². The second-order valence-corrected chi connectivity index (χ2v) is 7.86. The van der Waals surface area contributed by atoms with E-state index in [4.69, 9.17) is 0 Å². The highest BCUT2D eigenvalue weighted by Crippen LogP contribution is 2.26. The van der Waals surface area contributed by atoms with Crippen molar-refractivity contribution in [1.29, 1.82) is 0 Å². The van der Waals surface area contributed by atoms with Gasteiger partial charge in [0.05, 0.1) is 6.67 Å². The zero-order valence-electron chi connectivity index (χ0n) is 15.6. The van der Waals surface area contributed by atoms with Crippen molar-refractivity contribution in [3.63, 3.8) is 0 Å². The van der Waals surface area contributed by atoms with Crippen molar-refractivity contribution < 1.29 is 9.59 Å². The summed E-state index contributed by atoms with van der Waals surface area (Å²) in [5, 5.41) is 5.69. The molecule has 0 heterocycles. The fourth-order valence-corrected chi connectivity index (χ4v) is 2.70. The number of hydrogen-bond donors (Lipinski definition) is 2. The Hall–Kier alpha value is -1.06. The molecule has 2 amide bonds. The van der Waals surface area contributed by atoms with Crippen molar-refractivity contribution >= 4 is 11.8 Å². The van der Waals surface area contributed by atoms with E-state index in [-0.39, 0.29) is 35.7 Å². The Morgan fingerprint density at radius 1 is 0.909 bits per heavy atom. The Labute approximate surface area is 136 Å². The number of carbonyl (C=O) groups excluding carboxylic acids is 2. The van der Waals surface area contributed by atoms with E-state index in [1.807, 2.05) is 13.8 Å². The average Bonchev–Trinajstić information content (AvgIpc) is 2.40. The van der Waals surface area contributed by atoms with Crippen molar-refractivity contribution in [3.05, 3.63) is 0 Å². The standard InChI is InChI=1S/C18H36N2O2/c1-8-14(10-13(3)4)16(21)19-12-20-17(22)15(9-2)11-18(5,6)7/h13-15H,8-12H2,1-7H3,(H,19,21)(H,20,22). The molecule has 0 aromatic heterocycles. The van der Waals surface area contributed by atoms with E-state index in [1.54, 1.807) is 0 Å². The molecule has 2 unspecified atom stereocenters. The van der Waals surface area contributed by atoms with Gasteiger partial charge in [-0.1, -0.05) is 48.5 Å². The minimum absolute atomic E-state index is 0.00883. The van der Waals surface area contributed by atoms with Crippen LogP contribution in [0.3, 0.4) is 0 Å². The molecule has 0 aromatic rings. The lowest BCUT2D eigenvalue weighted by Gasteiger charge is -2.24. The van der Waals surface area contributed by atoms with Gasteiger partial charge in [0.2, 0.25) is 11.8 Å². The van der Waals surface area contributed by atoms with Crippen LogP contribution in [0.5, 0.6) is 0 Å². The lowest BCUT2D eigenvalue weighted by Crippen LogP contribution is -2.42. The predicted molar refractivity (Wildman–Crippen MR) is 92.2 cm³/mol. The molecule has 22 heavy (non-hydrogen) atoms. The van der Waals surface area contributed by atoms with E-state index in [0.29, 0.717) is 5.92 Å². The molecule has 0 radical (unpaired) electrons. The molecule has 0 aliphatic heterocycles. The molecule has 0 aliphatic rings. The van der Waals surface area contributed by atoms with Gasteiger partial charge in [0.15, 0.2) is 0 Å². The Morgan fingerprint density at radius 2 is 1.36 bits per heavy atom. The van der Waals surface area contributed by atoms with Gasteiger partial charge in [-0.25, -0.2) is 0 Å². The first-order valence-electron chi connectivity index (χ1n) is 8.66. The first kappa shape index (κ1) is 20.9. The quantitative estimate of drug-likeness (QED) is 0.638. The first-order chi connectivity index (χ1) is 10.1. The van der Waals surface area contributed by atoms with Gasteiger partial charge in [-0.05, 0) is 37.0 Å². The SMILES string of the molecule is CCC(CC(C)C)C(=O)NCNC(=O)C(CC)CC(C)(C)C. The van der Waals surface area contributed by atoms with Crippen molar-refractivity contribution in [2.24, 2.45) is 23.2 Å². The number of carbonyl (C=O) groups is 2. The number of hydrogen-bond acceptors (Lipinski definition) is 2. The van der Waals surface area contributed by atoms with Crippen LogP contribution in [0.2, 0.25) is 0 Å². The van der Waals surface area contributed by atoms with Gasteiger partial charge in [0.25, 0.3) is 0 Å². The van der Waals surface area contributed by atoms with Gasteiger partial charge < -0.3 is 10.6 Å². The van der Waals surface area contributed by atoms with E-state index in [9.17, 15) is 9.59 Å². The topological polar surface area (TPSA) is 58.2 Å². The maximum Gasteiger partial charge on any atom is 0.224 e. The summed E-state index contributed by atoms with van der Waals surface area (Å²) in [4.78, 5) is 24.3. The third-order valence-corrected chi connectivity index (χ3v) is 3.87. The molecule has 130 valence electrons. The van der Waals surface area contributed by atoms with Gasteiger partial charge in [-0.3, -0.25) is 9.59 Å². The molecule has 0 rings (SSSR count). The largest absolute Gasteiger partial charge is 0.338 e. The minimum Gasteiger partial charge on any atom is -0.338 e. The van der Waals surface area contributed by atoms with Crippen molar-refractivity contribution in [3.8, 4) is 0 Å². The zero-order valence-corrected chi connectivity index (χ0v) is 15.6. The molecule has 0 fully saturated rings. The van der Waals surface area contributed by atoms with Crippen LogP contribution in [0.15, 0.2) is 0 Å². The second-order valence-electron chi connectivity index (χ2n) is 7.86. The van der Waals surface area contributed by atoms with E-state index >= 15 is 0 Å². The fraction of sp³-hybridized carbons (Fsp3) is 0.889. The van der Waals surface area contributed by atoms with Crippen LogP contribution < -0.4 is 10.6 Å². The van der Waals surface area contributed by atoms with Crippen molar-refractivity contribution in [2.75, 3.05) is 6.67 Å². The second kappa shape index (κ2) is 9.86. The molecule has 4 heteroatoms. The summed E-state index contributed by atoms with van der Waals surface area (Å²) in [6.07, 6.45) is 3.40. The number of amides is 2. The minimum atomic E-state index is 0.00883. The van der Waals surface area contributed by atoms with Crippen LogP contribution in [-0.2, 0) is 9.59 Å². The summed E-state index contributed by atoms with van der Waals surface area (Å²) < 4.78 is 0. The van der Waals surface area contributed by atoms with Gasteiger partial charge in [0.1, 0.15) is 0 Å². The van der Waals surface area contributed by atoms with E-state index < -0.39 is 0 Å². The summed E-state index contributed by atoms with van der Waals surface area (Å²) in [6.45, 7) is 15.0. The molecule has 2 N–H and O–H groups in total. The Morgan fingerprint density at radius 3 is 1.73 bits per heavy atom. The van der Waals surface area contributed by atoms with E-state index in [0.717, 1.165) is 25.7 Å². The maximum absolute atomic E-state index is 12.2. The van der Waals surface area contributed by atoms with Crippen LogP contribution in [0.25, 0.3) is 0 Å². The molecule has 2 atom stereocenters. The normalized spacial score (nSPS) is 14.5. The molecular weight excluding hydrogens is 276 g/mol. The smallest absolute Gasteiger partial charge is 0.224 e.